The smallest absolute Gasteiger partial charge is 0.282 e. The van der Waals surface area contributed by atoms with Crippen molar-refractivity contribution >= 4 is 28.8 Å². The average Bonchev–Trinajstić information content (AvgIpc) is 3.04. The molecule has 0 unspecified atom stereocenters. The normalized spacial score (nSPS) is 13.5. The van der Waals surface area contributed by atoms with Crippen molar-refractivity contribution in [1.82, 2.24) is 0 Å². The Hall–Kier alpha value is -4.06. The highest BCUT2D eigenvalue weighted by Crippen LogP contribution is 2.36. The minimum atomic E-state index is -0.439. The lowest BCUT2D eigenvalue weighted by atomic mass is 10.0. The molecule has 0 bridgehead atoms. The summed E-state index contributed by atoms with van der Waals surface area (Å²) in [7, 11) is 1.56. The number of hydrogen-bond donors (Lipinski definition) is 1. The summed E-state index contributed by atoms with van der Waals surface area (Å²) in [5, 5.41) is 3.18. The molecule has 3 aromatic carbocycles. The molecule has 1 N–H and O–H groups in total. The minimum absolute atomic E-state index is 0.201. The number of nitrogens with one attached hydrogen (secondary N) is 1. The molecule has 6 nitrogen and oxygen atoms in total. The van der Waals surface area contributed by atoms with Crippen molar-refractivity contribution in [2.75, 3.05) is 23.9 Å². The van der Waals surface area contributed by atoms with Crippen molar-refractivity contribution < 1.29 is 19.1 Å². The van der Waals surface area contributed by atoms with E-state index in [0.29, 0.717) is 40.6 Å². The molecule has 1 aliphatic heterocycles. The highest BCUT2D eigenvalue weighted by molar-refractivity contribution is 6.46. The van der Waals surface area contributed by atoms with E-state index in [1.54, 1.807) is 31.4 Å². The van der Waals surface area contributed by atoms with E-state index in [0.717, 1.165) is 5.56 Å². The Balaban J connectivity index is 1.82. The summed E-state index contributed by atoms with van der Waals surface area (Å²) >= 11 is 0. The van der Waals surface area contributed by atoms with Crippen LogP contribution in [0.5, 0.6) is 11.5 Å². The standard InChI is InChI=1S/C26H24N2O4/c1-4-32-20-12-8-11-19(16-20)28-25(29)23(18-9-6-5-7-10-18)24(26(28)30)27-21-15-17(2)13-14-22(21)31-3/h5-16,27H,4H2,1-3H3. The van der Waals surface area contributed by atoms with Gasteiger partial charge >= 0.3 is 0 Å². The highest BCUT2D eigenvalue weighted by atomic mass is 16.5. The lowest BCUT2D eigenvalue weighted by Gasteiger charge is -2.17. The summed E-state index contributed by atoms with van der Waals surface area (Å²) in [5.41, 5.74) is 3.22. The fraction of sp³-hybridized carbons (Fsp3) is 0.154. The van der Waals surface area contributed by atoms with Crippen molar-refractivity contribution in [3.8, 4) is 11.5 Å². The van der Waals surface area contributed by atoms with Gasteiger partial charge in [-0.2, -0.15) is 0 Å². The molecule has 0 aromatic heterocycles. The Morgan fingerprint density at radius 1 is 0.906 bits per heavy atom. The van der Waals surface area contributed by atoms with Gasteiger partial charge in [-0.15, -0.1) is 0 Å². The summed E-state index contributed by atoms with van der Waals surface area (Å²) in [5.74, 6) is 0.330. The molecule has 0 atom stereocenters. The SMILES string of the molecule is CCOc1cccc(N2C(=O)C(Nc3cc(C)ccc3OC)=C(c3ccccc3)C2=O)c1. The molecule has 1 heterocycles. The minimum Gasteiger partial charge on any atom is -0.495 e. The summed E-state index contributed by atoms with van der Waals surface area (Å²) in [6, 6.07) is 21.8. The lowest BCUT2D eigenvalue weighted by molar-refractivity contribution is -0.120. The van der Waals surface area contributed by atoms with Crippen LogP contribution >= 0.6 is 0 Å². The van der Waals surface area contributed by atoms with Gasteiger partial charge in [0.25, 0.3) is 11.8 Å². The zero-order chi connectivity index (χ0) is 22.7. The number of imide groups is 1. The molecule has 2 amide bonds. The van der Waals surface area contributed by atoms with Gasteiger partial charge in [-0.05, 0) is 49.2 Å². The Kier molecular flexibility index (Phi) is 5.94. The zero-order valence-electron chi connectivity index (χ0n) is 18.2. The number of benzene rings is 3. The van der Waals surface area contributed by atoms with Gasteiger partial charge in [0, 0.05) is 6.07 Å². The molecule has 162 valence electrons. The fourth-order valence-electron chi connectivity index (χ4n) is 3.69. The molecule has 6 heteroatoms. The lowest BCUT2D eigenvalue weighted by Crippen LogP contribution is -2.32. The van der Waals surface area contributed by atoms with Crippen LogP contribution in [0.3, 0.4) is 0 Å². The van der Waals surface area contributed by atoms with Crippen LogP contribution in [0.1, 0.15) is 18.1 Å². The predicted molar refractivity (Wildman–Crippen MR) is 125 cm³/mol. The first-order valence-electron chi connectivity index (χ1n) is 10.4. The largest absolute Gasteiger partial charge is 0.495 e. The number of carbonyl (C=O) groups is 2. The molecule has 32 heavy (non-hydrogen) atoms. The second kappa shape index (κ2) is 8.98. The van der Waals surface area contributed by atoms with Crippen LogP contribution in [0.4, 0.5) is 11.4 Å². The molecule has 0 spiro atoms. The van der Waals surface area contributed by atoms with Crippen LogP contribution in [-0.4, -0.2) is 25.5 Å². The van der Waals surface area contributed by atoms with Gasteiger partial charge in [0.2, 0.25) is 0 Å². The van der Waals surface area contributed by atoms with Gasteiger partial charge < -0.3 is 14.8 Å². The number of hydrogen-bond acceptors (Lipinski definition) is 5. The van der Waals surface area contributed by atoms with Crippen LogP contribution in [-0.2, 0) is 9.59 Å². The second-order valence-electron chi connectivity index (χ2n) is 7.32. The number of anilines is 2. The molecule has 0 radical (unpaired) electrons. The number of nitrogens with zero attached hydrogens (tertiary/aromatic N) is 1. The molecular weight excluding hydrogens is 404 g/mol. The van der Waals surface area contributed by atoms with Crippen LogP contribution in [0.15, 0.2) is 78.5 Å². The summed E-state index contributed by atoms with van der Waals surface area (Å²) in [6.45, 7) is 4.31. The monoisotopic (exact) mass is 428 g/mol. The van der Waals surface area contributed by atoms with Crippen LogP contribution < -0.4 is 19.7 Å². The highest BCUT2D eigenvalue weighted by Gasteiger charge is 2.40. The number of carbonyl (C=O) groups excluding carboxylic acids is 2. The maximum atomic E-state index is 13.6. The van der Waals surface area contributed by atoms with E-state index in [1.807, 2.05) is 62.4 Å². The van der Waals surface area contributed by atoms with Gasteiger partial charge in [-0.3, -0.25) is 9.59 Å². The number of methoxy groups -OCH3 is 1. The van der Waals surface area contributed by atoms with E-state index >= 15 is 0 Å². The van der Waals surface area contributed by atoms with Crippen LogP contribution in [0.25, 0.3) is 5.57 Å². The molecular formula is C26H24N2O4. The number of ether oxygens (including phenoxy) is 2. The van der Waals surface area contributed by atoms with E-state index in [4.69, 9.17) is 9.47 Å². The van der Waals surface area contributed by atoms with Crippen molar-refractivity contribution in [3.63, 3.8) is 0 Å². The average molecular weight is 428 g/mol. The topological polar surface area (TPSA) is 67.9 Å². The van der Waals surface area contributed by atoms with Gasteiger partial charge in [-0.1, -0.05) is 42.5 Å². The Morgan fingerprint density at radius 3 is 2.41 bits per heavy atom. The third-order valence-corrected chi connectivity index (χ3v) is 5.15. The van der Waals surface area contributed by atoms with E-state index in [1.165, 1.54) is 4.90 Å². The van der Waals surface area contributed by atoms with Crippen LogP contribution in [0, 0.1) is 6.92 Å². The number of aryl methyl sites for hydroxylation is 1. The summed E-state index contributed by atoms with van der Waals surface area (Å²) in [6.07, 6.45) is 0. The molecule has 0 saturated heterocycles. The van der Waals surface area contributed by atoms with E-state index < -0.39 is 11.8 Å². The maximum Gasteiger partial charge on any atom is 0.282 e. The van der Waals surface area contributed by atoms with Gasteiger partial charge in [0.05, 0.1) is 30.7 Å². The maximum absolute atomic E-state index is 13.6. The first-order valence-corrected chi connectivity index (χ1v) is 10.4. The van der Waals surface area contributed by atoms with Crippen molar-refractivity contribution in [3.05, 3.63) is 89.6 Å². The molecule has 4 rings (SSSR count). The van der Waals surface area contributed by atoms with Crippen molar-refractivity contribution in [2.24, 2.45) is 0 Å². The molecule has 0 aliphatic carbocycles. The third kappa shape index (κ3) is 3.95. The molecule has 0 fully saturated rings. The quantitative estimate of drug-likeness (QED) is 0.548. The summed E-state index contributed by atoms with van der Waals surface area (Å²) in [4.78, 5) is 28.3. The van der Waals surface area contributed by atoms with E-state index in [9.17, 15) is 9.59 Å². The summed E-state index contributed by atoms with van der Waals surface area (Å²) < 4.78 is 11.0. The first kappa shape index (κ1) is 21.2. The molecule has 0 saturated carbocycles. The van der Waals surface area contributed by atoms with Gasteiger partial charge in [0.1, 0.15) is 17.2 Å². The van der Waals surface area contributed by atoms with E-state index in [2.05, 4.69) is 5.32 Å². The number of rotatable bonds is 7. The Morgan fingerprint density at radius 2 is 1.69 bits per heavy atom. The second-order valence-corrected chi connectivity index (χ2v) is 7.32. The van der Waals surface area contributed by atoms with Crippen molar-refractivity contribution in [2.45, 2.75) is 13.8 Å². The van der Waals surface area contributed by atoms with Crippen molar-refractivity contribution in [1.29, 1.82) is 0 Å². The Labute approximate surface area is 187 Å². The third-order valence-electron chi connectivity index (χ3n) is 5.15. The van der Waals surface area contributed by atoms with E-state index in [-0.39, 0.29) is 5.70 Å². The molecule has 1 aliphatic rings. The number of amides is 2. The predicted octanol–water partition coefficient (Wildman–Crippen LogP) is 4.80. The first-order chi connectivity index (χ1) is 15.5. The Bertz CT molecular complexity index is 1200. The van der Waals surface area contributed by atoms with Gasteiger partial charge in [0.15, 0.2) is 0 Å². The van der Waals surface area contributed by atoms with Gasteiger partial charge in [-0.25, -0.2) is 4.90 Å². The molecule has 3 aromatic rings. The fourth-order valence-corrected chi connectivity index (χ4v) is 3.69. The van der Waals surface area contributed by atoms with Crippen LogP contribution in [0.2, 0.25) is 0 Å². The zero-order valence-corrected chi connectivity index (χ0v) is 18.2.